The average molecular weight is 237 g/mol. The molecule has 6 heteroatoms. The minimum Gasteiger partial charge on any atom is -0.352 e. The Morgan fingerprint density at radius 2 is 2.47 bits per heavy atom. The Morgan fingerprint density at radius 3 is 3.06 bits per heavy atom. The van der Waals surface area contributed by atoms with Gasteiger partial charge in [-0.2, -0.15) is 0 Å². The van der Waals surface area contributed by atoms with E-state index in [0.29, 0.717) is 18.3 Å². The smallest absolute Gasteiger partial charge is 0.242 e. The second-order valence-corrected chi connectivity index (χ2v) is 4.79. The summed E-state index contributed by atoms with van der Waals surface area (Å²) in [5, 5.41) is 10.7. The zero-order chi connectivity index (χ0) is 12.3. The minimum atomic E-state index is -0.00225. The summed E-state index contributed by atoms with van der Waals surface area (Å²) in [6, 6.07) is 0.329. The molecule has 3 N–H and O–H groups in total. The molecule has 17 heavy (non-hydrogen) atoms. The van der Waals surface area contributed by atoms with Gasteiger partial charge in [0, 0.05) is 12.6 Å². The van der Waals surface area contributed by atoms with Crippen molar-refractivity contribution >= 4 is 5.91 Å². The summed E-state index contributed by atoms with van der Waals surface area (Å²) < 4.78 is 1.52. The van der Waals surface area contributed by atoms with E-state index in [4.69, 9.17) is 5.73 Å². The topological polar surface area (TPSA) is 85.8 Å². The fourth-order valence-electron chi connectivity index (χ4n) is 2.27. The lowest BCUT2D eigenvalue weighted by Crippen LogP contribution is -2.35. The quantitative estimate of drug-likeness (QED) is 0.774. The minimum absolute atomic E-state index is 0.00225. The number of carbonyl (C=O) groups is 1. The standard InChI is InChI=1S/C11H19N5O/c1-8-2-3-9(4-8)13-11(17)7-16-6-10(5-12)14-15-16/h6,8-9H,2-5,7,12H2,1H3,(H,13,17). The van der Waals surface area contributed by atoms with Crippen molar-refractivity contribution in [1.29, 1.82) is 0 Å². The van der Waals surface area contributed by atoms with Crippen molar-refractivity contribution in [2.45, 2.75) is 45.3 Å². The van der Waals surface area contributed by atoms with Crippen molar-refractivity contribution in [2.75, 3.05) is 0 Å². The molecule has 0 saturated heterocycles. The van der Waals surface area contributed by atoms with Gasteiger partial charge in [-0.1, -0.05) is 12.1 Å². The van der Waals surface area contributed by atoms with E-state index in [1.54, 1.807) is 6.20 Å². The van der Waals surface area contributed by atoms with Crippen LogP contribution in [0.1, 0.15) is 31.9 Å². The highest BCUT2D eigenvalue weighted by Crippen LogP contribution is 2.24. The van der Waals surface area contributed by atoms with E-state index >= 15 is 0 Å². The first kappa shape index (κ1) is 12.0. The molecule has 2 rings (SSSR count). The van der Waals surface area contributed by atoms with E-state index in [-0.39, 0.29) is 12.5 Å². The Kier molecular flexibility index (Phi) is 3.73. The van der Waals surface area contributed by atoms with Crippen LogP contribution in [0.4, 0.5) is 0 Å². The van der Waals surface area contributed by atoms with Gasteiger partial charge >= 0.3 is 0 Å². The van der Waals surface area contributed by atoms with E-state index in [0.717, 1.165) is 18.8 Å². The molecule has 6 nitrogen and oxygen atoms in total. The second kappa shape index (κ2) is 5.27. The largest absolute Gasteiger partial charge is 0.352 e. The normalized spacial score (nSPS) is 23.9. The average Bonchev–Trinajstić information content (AvgIpc) is 2.88. The molecule has 0 radical (unpaired) electrons. The molecule has 2 atom stereocenters. The Labute approximate surface area is 101 Å². The van der Waals surface area contributed by atoms with Crippen LogP contribution in [-0.4, -0.2) is 26.9 Å². The van der Waals surface area contributed by atoms with Gasteiger partial charge in [0.1, 0.15) is 6.54 Å². The van der Waals surface area contributed by atoms with Crippen molar-refractivity contribution in [2.24, 2.45) is 11.7 Å². The molecule has 0 bridgehead atoms. The van der Waals surface area contributed by atoms with Crippen LogP contribution < -0.4 is 11.1 Å². The highest BCUT2D eigenvalue weighted by molar-refractivity contribution is 5.75. The third-order valence-electron chi connectivity index (χ3n) is 3.16. The molecule has 1 aromatic rings. The molecule has 0 aliphatic heterocycles. The Bertz CT molecular complexity index is 389. The van der Waals surface area contributed by atoms with Gasteiger partial charge in [0.15, 0.2) is 0 Å². The van der Waals surface area contributed by atoms with Crippen LogP contribution in [0.25, 0.3) is 0 Å². The highest BCUT2D eigenvalue weighted by atomic mass is 16.2. The number of hydrogen-bond donors (Lipinski definition) is 2. The third kappa shape index (κ3) is 3.26. The summed E-state index contributed by atoms with van der Waals surface area (Å²) in [6.45, 7) is 2.79. The van der Waals surface area contributed by atoms with Gasteiger partial charge in [0.05, 0.1) is 11.9 Å². The van der Waals surface area contributed by atoms with Gasteiger partial charge in [-0.15, -0.1) is 5.10 Å². The molecule has 94 valence electrons. The van der Waals surface area contributed by atoms with E-state index in [2.05, 4.69) is 22.6 Å². The number of rotatable bonds is 4. The Morgan fingerprint density at radius 1 is 1.65 bits per heavy atom. The van der Waals surface area contributed by atoms with Crippen LogP contribution in [0.3, 0.4) is 0 Å². The summed E-state index contributed by atoms with van der Waals surface area (Å²) in [4.78, 5) is 11.7. The van der Waals surface area contributed by atoms with Crippen molar-refractivity contribution in [1.82, 2.24) is 20.3 Å². The number of nitrogens with two attached hydrogens (primary N) is 1. The summed E-state index contributed by atoms with van der Waals surface area (Å²) in [7, 11) is 0. The van der Waals surface area contributed by atoms with Gasteiger partial charge in [-0.05, 0) is 25.2 Å². The van der Waals surface area contributed by atoms with Crippen molar-refractivity contribution < 1.29 is 4.79 Å². The van der Waals surface area contributed by atoms with Gasteiger partial charge in [-0.3, -0.25) is 4.79 Å². The first-order valence-corrected chi connectivity index (χ1v) is 6.06. The summed E-state index contributed by atoms with van der Waals surface area (Å²) in [6.07, 6.45) is 5.07. The number of carbonyl (C=O) groups excluding carboxylic acids is 1. The maximum atomic E-state index is 11.7. The summed E-state index contributed by atoms with van der Waals surface area (Å²) in [5.74, 6) is 0.716. The van der Waals surface area contributed by atoms with Gasteiger partial charge < -0.3 is 11.1 Å². The van der Waals surface area contributed by atoms with Crippen LogP contribution in [0.2, 0.25) is 0 Å². The number of aromatic nitrogens is 3. The predicted molar refractivity (Wildman–Crippen MR) is 62.9 cm³/mol. The zero-order valence-corrected chi connectivity index (χ0v) is 10.1. The SMILES string of the molecule is CC1CCC(NC(=O)Cn2cc(CN)nn2)C1. The van der Waals surface area contributed by atoms with Crippen molar-refractivity contribution in [3.05, 3.63) is 11.9 Å². The first-order chi connectivity index (χ1) is 8.17. The van der Waals surface area contributed by atoms with Gasteiger partial charge in [-0.25, -0.2) is 4.68 Å². The lowest BCUT2D eigenvalue weighted by molar-refractivity contribution is -0.122. The van der Waals surface area contributed by atoms with Crippen LogP contribution >= 0.6 is 0 Å². The number of nitrogens with one attached hydrogen (secondary N) is 1. The van der Waals surface area contributed by atoms with Crippen LogP contribution in [0.5, 0.6) is 0 Å². The number of amides is 1. The molecule has 1 amide bonds. The number of hydrogen-bond acceptors (Lipinski definition) is 4. The molecule has 0 spiro atoms. The monoisotopic (exact) mass is 237 g/mol. The fraction of sp³-hybridized carbons (Fsp3) is 0.727. The maximum absolute atomic E-state index is 11.7. The van der Waals surface area contributed by atoms with Gasteiger partial charge in [0.25, 0.3) is 0 Å². The van der Waals surface area contributed by atoms with E-state index in [1.165, 1.54) is 11.1 Å². The van der Waals surface area contributed by atoms with E-state index < -0.39 is 0 Å². The molecular weight excluding hydrogens is 218 g/mol. The highest BCUT2D eigenvalue weighted by Gasteiger charge is 2.22. The summed E-state index contributed by atoms with van der Waals surface area (Å²) in [5.41, 5.74) is 6.13. The van der Waals surface area contributed by atoms with Crippen molar-refractivity contribution in [3.8, 4) is 0 Å². The van der Waals surface area contributed by atoms with Gasteiger partial charge in [0.2, 0.25) is 5.91 Å². The van der Waals surface area contributed by atoms with Crippen LogP contribution in [-0.2, 0) is 17.9 Å². The predicted octanol–water partition coefficient (Wildman–Crippen LogP) is 0.0416. The van der Waals surface area contributed by atoms with Crippen LogP contribution in [0.15, 0.2) is 6.20 Å². The molecule has 2 unspecified atom stereocenters. The molecule has 1 aliphatic rings. The Hall–Kier alpha value is -1.43. The number of nitrogens with zero attached hydrogens (tertiary/aromatic N) is 3. The Balaban J connectivity index is 1.80. The molecule has 1 aromatic heterocycles. The molecule has 0 aromatic carbocycles. The first-order valence-electron chi connectivity index (χ1n) is 6.06. The summed E-state index contributed by atoms with van der Waals surface area (Å²) >= 11 is 0. The van der Waals surface area contributed by atoms with Crippen LogP contribution in [0, 0.1) is 5.92 Å². The second-order valence-electron chi connectivity index (χ2n) is 4.79. The lowest BCUT2D eigenvalue weighted by atomic mass is 10.1. The molecule has 1 fully saturated rings. The fourth-order valence-corrected chi connectivity index (χ4v) is 2.27. The van der Waals surface area contributed by atoms with Crippen molar-refractivity contribution in [3.63, 3.8) is 0 Å². The molecule has 1 saturated carbocycles. The lowest BCUT2D eigenvalue weighted by Gasteiger charge is -2.11. The molecule has 1 heterocycles. The molecular formula is C11H19N5O. The third-order valence-corrected chi connectivity index (χ3v) is 3.16. The van der Waals surface area contributed by atoms with E-state index in [1.807, 2.05) is 0 Å². The zero-order valence-electron chi connectivity index (χ0n) is 10.1. The molecule has 1 aliphatic carbocycles. The maximum Gasteiger partial charge on any atom is 0.242 e. The van der Waals surface area contributed by atoms with E-state index in [9.17, 15) is 4.79 Å².